The first-order valence-corrected chi connectivity index (χ1v) is 10.7. The molecular weight excluding hydrogens is 336 g/mol. The Bertz CT molecular complexity index is 853. The number of aryl methyl sites for hydroxylation is 1. The number of hydrogen-bond acceptors (Lipinski definition) is 3. The molecule has 2 saturated heterocycles. The van der Waals surface area contributed by atoms with Crippen molar-refractivity contribution in [1.29, 1.82) is 0 Å². The molecule has 1 aromatic heterocycles. The Balaban J connectivity index is 1.57. The van der Waals surface area contributed by atoms with E-state index in [0.29, 0.717) is 26.2 Å². The lowest BCUT2D eigenvalue weighted by Gasteiger charge is -2.26. The Morgan fingerprint density at radius 1 is 1.00 bits per heavy atom. The first-order valence-electron chi connectivity index (χ1n) is 9.26. The summed E-state index contributed by atoms with van der Waals surface area (Å²) in [7, 11) is -3.34. The first kappa shape index (κ1) is 17.0. The van der Waals surface area contributed by atoms with Crippen molar-refractivity contribution in [3.8, 4) is 0 Å². The van der Waals surface area contributed by atoms with Crippen molar-refractivity contribution in [3.05, 3.63) is 30.1 Å². The number of aromatic nitrogens is 2. The van der Waals surface area contributed by atoms with E-state index in [1.165, 1.54) is 0 Å². The third-order valence-electron chi connectivity index (χ3n) is 5.48. The molecular formula is C18H26N4O2S. The van der Waals surface area contributed by atoms with Crippen molar-refractivity contribution in [2.45, 2.75) is 45.1 Å². The maximum atomic E-state index is 13.0. The number of hydrogen-bond donors (Lipinski definition) is 0. The van der Waals surface area contributed by atoms with Gasteiger partial charge in [0.1, 0.15) is 5.82 Å². The van der Waals surface area contributed by atoms with Crippen molar-refractivity contribution in [1.82, 2.24) is 18.2 Å². The molecule has 2 aromatic rings. The SMILES string of the molecule is Cc1nc2ccccc2n1[C@@H]1CCN(S(=O)(=O)N2CCCCCC2)C1. The number of nitrogens with zero attached hydrogens (tertiary/aromatic N) is 4. The third-order valence-corrected chi connectivity index (χ3v) is 7.48. The lowest BCUT2D eigenvalue weighted by molar-refractivity contribution is 0.361. The molecule has 25 heavy (non-hydrogen) atoms. The average Bonchev–Trinajstić information content (AvgIpc) is 3.08. The first-order chi connectivity index (χ1) is 12.1. The molecule has 0 amide bonds. The minimum absolute atomic E-state index is 0.161. The highest BCUT2D eigenvalue weighted by molar-refractivity contribution is 7.86. The zero-order valence-corrected chi connectivity index (χ0v) is 15.6. The number of para-hydroxylation sites is 2. The molecule has 1 aromatic carbocycles. The van der Waals surface area contributed by atoms with Crippen molar-refractivity contribution < 1.29 is 8.42 Å². The van der Waals surface area contributed by atoms with Gasteiger partial charge in [0, 0.05) is 26.2 Å². The van der Waals surface area contributed by atoms with Gasteiger partial charge in [0.25, 0.3) is 10.2 Å². The van der Waals surface area contributed by atoms with Crippen molar-refractivity contribution in [2.24, 2.45) is 0 Å². The van der Waals surface area contributed by atoms with Gasteiger partial charge in [-0.1, -0.05) is 25.0 Å². The van der Waals surface area contributed by atoms with E-state index >= 15 is 0 Å². The highest BCUT2D eigenvalue weighted by Gasteiger charge is 2.37. The number of benzene rings is 1. The summed E-state index contributed by atoms with van der Waals surface area (Å²) in [4.78, 5) is 4.63. The predicted octanol–water partition coefficient (Wildman–Crippen LogP) is 2.71. The van der Waals surface area contributed by atoms with Gasteiger partial charge < -0.3 is 4.57 Å². The third kappa shape index (κ3) is 3.09. The van der Waals surface area contributed by atoms with Gasteiger partial charge in [0.15, 0.2) is 0 Å². The fourth-order valence-electron chi connectivity index (χ4n) is 4.19. The Kier molecular flexibility index (Phi) is 4.56. The minimum atomic E-state index is -3.34. The van der Waals surface area contributed by atoms with E-state index in [2.05, 4.69) is 15.6 Å². The molecule has 4 rings (SSSR count). The summed E-state index contributed by atoms with van der Waals surface area (Å²) in [6.45, 7) is 4.47. The highest BCUT2D eigenvalue weighted by Crippen LogP contribution is 2.30. The Morgan fingerprint density at radius 3 is 2.48 bits per heavy atom. The van der Waals surface area contributed by atoms with Gasteiger partial charge >= 0.3 is 0 Å². The minimum Gasteiger partial charge on any atom is -0.324 e. The summed E-state index contributed by atoms with van der Waals surface area (Å²) >= 11 is 0. The molecule has 0 spiro atoms. The molecule has 6 nitrogen and oxygen atoms in total. The Hall–Kier alpha value is -1.44. The largest absolute Gasteiger partial charge is 0.324 e. The summed E-state index contributed by atoms with van der Waals surface area (Å²) < 4.78 is 31.7. The molecule has 2 aliphatic rings. The average molecular weight is 362 g/mol. The molecule has 0 bridgehead atoms. The molecule has 0 unspecified atom stereocenters. The van der Waals surface area contributed by atoms with E-state index in [4.69, 9.17) is 0 Å². The van der Waals surface area contributed by atoms with Gasteiger partial charge in [0.05, 0.1) is 17.1 Å². The van der Waals surface area contributed by atoms with Crippen LogP contribution in [0.5, 0.6) is 0 Å². The lowest BCUT2D eigenvalue weighted by atomic mass is 10.2. The van der Waals surface area contributed by atoms with Crippen LogP contribution in [0.4, 0.5) is 0 Å². The molecule has 0 aliphatic carbocycles. The standard InChI is InChI=1S/C18H26N4O2S/c1-15-19-17-8-4-5-9-18(17)22(15)16-10-13-21(14-16)25(23,24)20-11-6-2-3-7-12-20/h4-5,8-9,16H,2-3,6-7,10-14H2,1H3/t16-/m1/s1. The second-order valence-corrected chi connectivity index (χ2v) is 9.07. The van der Waals surface area contributed by atoms with Gasteiger partial charge in [-0.05, 0) is 38.3 Å². The van der Waals surface area contributed by atoms with Crippen LogP contribution in [0.25, 0.3) is 11.0 Å². The zero-order chi connectivity index (χ0) is 17.4. The summed E-state index contributed by atoms with van der Waals surface area (Å²) in [5.41, 5.74) is 2.08. The second-order valence-electron chi connectivity index (χ2n) is 7.14. The van der Waals surface area contributed by atoms with Crippen molar-refractivity contribution in [2.75, 3.05) is 26.2 Å². The molecule has 0 radical (unpaired) electrons. The molecule has 1 atom stereocenters. The van der Waals surface area contributed by atoms with Crippen LogP contribution in [0.3, 0.4) is 0 Å². The monoisotopic (exact) mass is 362 g/mol. The quantitative estimate of drug-likeness (QED) is 0.843. The van der Waals surface area contributed by atoms with Crippen molar-refractivity contribution >= 4 is 21.2 Å². The van der Waals surface area contributed by atoms with Gasteiger partial charge in [-0.3, -0.25) is 0 Å². The highest BCUT2D eigenvalue weighted by atomic mass is 32.2. The van der Waals surface area contributed by atoms with Crippen LogP contribution in [-0.2, 0) is 10.2 Å². The molecule has 0 N–H and O–H groups in total. The lowest BCUT2D eigenvalue weighted by Crippen LogP contribution is -2.43. The maximum Gasteiger partial charge on any atom is 0.282 e. The van der Waals surface area contributed by atoms with E-state index < -0.39 is 10.2 Å². The van der Waals surface area contributed by atoms with E-state index in [9.17, 15) is 8.42 Å². The van der Waals surface area contributed by atoms with Crippen LogP contribution >= 0.6 is 0 Å². The fraction of sp³-hybridized carbons (Fsp3) is 0.611. The van der Waals surface area contributed by atoms with Crippen LogP contribution in [0.2, 0.25) is 0 Å². The summed E-state index contributed by atoms with van der Waals surface area (Å²) in [6, 6.07) is 8.25. The summed E-state index contributed by atoms with van der Waals surface area (Å²) in [5, 5.41) is 0. The Labute approximate surface area is 149 Å². The molecule has 3 heterocycles. The van der Waals surface area contributed by atoms with Crippen molar-refractivity contribution in [3.63, 3.8) is 0 Å². The van der Waals surface area contributed by atoms with E-state index in [1.54, 1.807) is 8.61 Å². The number of imidazole rings is 1. The molecule has 2 aliphatic heterocycles. The van der Waals surface area contributed by atoms with Gasteiger partial charge in [-0.25, -0.2) is 4.98 Å². The van der Waals surface area contributed by atoms with Gasteiger partial charge in [0.2, 0.25) is 0 Å². The van der Waals surface area contributed by atoms with Crippen LogP contribution < -0.4 is 0 Å². The van der Waals surface area contributed by atoms with E-state index in [1.807, 2.05) is 25.1 Å². The van der Waals surface area contributed by atoms with E-state index in [-0.39, 0.29) is 6.04 Å². The fourth-order valence-corrected chi connectivity index (χ4v) is 5.94. The normalized spacial score (nSPS) is 24.0. The number of rotatable bonds is 3. The topological polar surface area (TPSA) is 58.4 Å². The molecule has 136 valence electrons. The van der Waals surface area contributed by atoms with Crippen LogP contribution in [0.15, 0.2) is 24.3 Å². The van der Waals surface area contributed by atoms with Crippen LogP contribution in [0.1, 0.15) is 44.0 Å². The van der Waals surface area contributed by atoms with Crippen LogP contribution in [0, 0.1) is 6.92 Å². The van der Waals surface area contributed by atoms with Gasteiger partial charge in [-0.2, -0.15) is 17.0 Å². The predicted molar refractivity (Wildman–Crippen MR) is 98.7 cm³/mol. The summed E-state index contributed by atoms with van der Waals surface area (Å²) in [5.74, 6) is 0.959. The maximum absolute atomic E-state index is 13.0. The second kappa shape index (κ2) is 6.70. The van der Waals surface area contributed by atoms with E-state index in [0.717, 1.165) is 49.0 Å². The number of fused-ring (bicyclic) bond motifs is 1. The smallest absolute Gasteiger partial charge is 0.282 e. The van der Waals surface area contributed by atoms with Crippen LogP contribution in [-0.4, -0.2) is 52.8 Å². The Morgan fingerprint density at radius 2 is 1.72 bits per heavy atom. The summed E-state index contributed by atoms with van der Waals surface area (Å²) in [6.07, 6.45) is 5.06. The molecule has 0 saturated carbocycles. The van der Waals surface area contributed by atoms with Gasteiger partial charge in [-0.15, -0.1) is 0 Å². The molecule has 2 fully saturated rings. The molecule has 7 heteroatoms. The zero-order valence-electron chi connectivity index (χ0n) is 14.8.